The molecule has 0 unspecified atom stereocenters. The molecular weight excluding hydrogens is 320 g/mol. The van der Waals surface area contributed by atoms with Gasteiger partial charge < -0.3 is 4.90 Å². The first kappa shape index (κ1) is 18.4. The van der Waals surface area contributed by atoms with Gasteiger partial charge in [-0.05, 0) is 30.8 Å². The summed E-state index contributed by atoms with van der Waals surface area (Å²) in [4.78, 5) is 1.94. The Bertz CT molecular complexity index is 752. The molecule has 5 heteroatoms. The first-order chi connectivity index (χ1) is 11.4. The molecule has 0 spiro atoms. The van der Waals surface area contributed by atoms with Gasteiger partial charge in [-0.1, -0.05) is 66.7 Å². The van der Waals surface area contributed by atoms with E-state index >= 15 is 0 Å². The van der Waals surface area contributed by atoms with E-state index < -0.39 is 10.0 Å². The second-order valence-corrected chi connectivity index (χ2v) is 7.75. The van der Waals surface area contributed by atoms with E-state index in [4.69, 9.17) is 0 Å². The molecule has 24 heavy (non-hydrogen) atoms. The molecule has 2 aromatic carbocycles. The minimum atomic E-state index is -3.29. The van der Waals surface area contributed by atoms with Crippen molar-refractivity contribution in [1.29, 1.82) is 0 Å². The lowest BCUT2D eigenvalue weighted by atomic mass is 10.1. The molecule has 0 fully saturated rings. The third-order valence-corrected chi connectivity index (χ3v) is 4.84. The van der Waals surface area contributed by atoms with Gasteiger partial charge in [0, 0.05) is 13.1 Å². The summed E-state index contributed by atoms with van der Waals surface area (Å²) in [6.07, 6.45) is 4.05. The molecule has 0 radical (unpaired) electrons. The first-order valence-corrected chi connectivity index (χ1v) is 9.54. The van der Waals surface area contributed by atoms with E-state index in [9.17, 15) is 8.42 Å². The molecule has 0 saturated carbocycles. The summed E-state index contributed by atoms with van der Waals surface area (Å²) in [5, 5.41) is 0. The standard InChI is InChI=1S/C19H24N2O2S/c1-21(2)15-14-20-24(22,23)16-19-12-10-18(11-13-19)9-8-17-6-4-3-5-7-17/h3-13,20H,14-16H2,1-2H3/b9-8+. The van der Waals surface area contributed by atoms with Gasteiger partial charge in [-0.15, -0.1) is 0 Å². The van der Waals surface area contributed by atoms with Crippen LogP contribution in [0, 0.1) is 0 Å². The Morgan fingerprint density at radius 3 is 2.08 bits per heavy atom. The van der Waals surface area contributed by atoms with Crippen molar-refractivity contribution >= 4 is 22.2 Å². The Kier molecular flexibility index (Phi) is 6.73. The van der Waals surface area contributed by atoms with Gasteiger partial charge in [-0.3, -0.25) is 0 Å². The zero-order valence-electron chi connectivity index (χ0n) is 14.1. The summed E-state index contributed by atoms with van der Waals surface area (Å²) in [5.41, 5.74) is 2.96. The van der Waals surface area contributed by atoms with Gasteiger partial charge in [0.15, 0.2) is 0 Å². The minimum absolute atomic E-state index is 0.00308. The van der Waals surface area contributed by atoms with Gasteiger partial charge in [0.05, 0.1) is 5.75 Å². The van der Waals surface area contributed by atoms with Crippen LogP contribution in [0.5, 0.6) is 0 Å². The van der Waals surface area contributed by atoms with Crippen LogP contribution in [0.15, 0.2) is 54.6 Å². The zero-order chi connectivity index (χ0) is 17.4. The predicted octanol–water partition coefficient (Wildman–Crippen LogP) is 2.84. The predicted molar refractivity (Wildman–Crippen MR) is 101 cm³/mol. The number of nitrogens with one attached hydrogen (secondary N) is 1. The molecule has 4 nitrogen and oxygen atoms in total. The lowest BCUT2D eigenvalue weighted by Crippen LogP contribution is -2.32. The third-order valence-electron chi connectivity index (χ3n) is 3.49. The highest BCUT2D eigenvalue weighted by molar-refractivity contribution is 7.88. The summed E-state index contributed by atoms with van der Waals surface area (Å²) in [7, 11) is 0.532. The van der Waals surface area contributed by atoms with Crippen LogP contribution in [0.4, 0.5) is 0 Å². The number of hydrogen-bond donors (Lipinski definition) is 1. The quantitative estimate of drug-likeness (QED) is 0.749. The van der Waals surface area contributed by atoms with Crippen molar-refractivity contribution in [3.05, 3.63) is 71.3 Å². The zero-order valence-corrected chi connectivity index (χ0v) is 15.0. The maximum absolute atomic E-state index is 12.0. The summed E-state index contributed by atoms with van der Waals surface area (Å²) in [6.45, 7) is 1.11. The van der Waals surface area contributed by atoms with E-state index in [0.717, 1.165) is 16.7 Å². The fraction of sp³-hybridized carbons (Fsp3) is 0.263. The Balaban J connectivity index is 1.93. The van der Waals surface area contributed by atoms with Crippen molar-refractivity contribution in [2.45, 2.75) is 5.75 Å². The summed E-state index contributed by atoms with van der Waals surface area (Å²) in [5.74, 6) is 0.00308. The minimum Gasteiger partial charge on any atom is -0.308 e. The summed E-state index contributed by atoms with van der Waals surface area (Å²) < 4.78 is 26.7. The van der Waals surface area contributed by atoms with Crippen molar-refractivity contribution < 1.29 is 8.42 Å². The van der Waals surface area contributed by atoms with Gasteiger partial charge in [-0.2, -0.15) is 0 Å². The van der Waals surface area contributed by atoms with E-state index in [-0.39, 0.29) is 5.75 Å². The van der Waals surface area contributed by atoms with Crippen molar-refractivity contribution in [1.82, 2.24) is 9.62 Å². The van der Waals surface area contributed by atoms with Gasteiger partial charge in [0.2, 0.25) is 10.0 Å². The molecule has 0 aliphatic rings. The van der Waals surface area contributed by atoms with Gasteiger partial charge in [0.1, 0.15) is 0 Å². The average Bonchev–Trinajstić information content (AvgIpc) is 2.54. The number of hydrogen-bond acceptors (Lipinski definition) is 3. The molecule has 0 heterocycles. The van der Waals surface area contributed by atoms with Crippen LogP contribution >= 0.6 is 0 Å². The normalized spacial score (nSPS) is 12.1. The molecule has 0 bridgehead atoms. The second kappa shape index (κ2) is 8.78. The van der Waals surface area contributed by atoms with E-state index in [1.165, 1.54) is 0 Å². The lowest BCUT2D eigenvalue weighted by molar-refractivity contribution is 0.412. The van der Waals surface area contributed by atoms with Crippen molar-refractivity contribution in [2.24, 2.45) is 0 Å². The SMILES string of the molecule is CN(C)CCNS(=O)(=O)Cc1ccc(/C=C/c2ccccc2)cc1. The highest BCUT2D eigenvalue weighted by Crippen LogP contribution is 2.11. The molecular formula is C19H24N2O2S. The summed E-state index contributed by atoms with van der Waals surface area (Å²) in [6, 6.07) is 17.6. The number of rotatable bonds is 8. The Hall–Kier alpha value is -1.95. The molecule has 128 valence electrons. The largest absolute Gasteiger partial charge is 0.308 e. The Morgan fingerprint density at radius 1 is 0.917 bits per heavy atom. The maximum atomic E-state index is 12.0. The fourth-order valence-electron chi connectivity index (χ4n) is 2.18. The smallest absolute Gasteiger partial charge is 0.215 e. The summed E-state index contributed by atoms with van der Waals surface area (Å²) >= 11 is 0. The van der Waals surface area contributed by atoms with Crippen molar-refractivity contribution in [3.63, 3.8) is 0 Å². The monoisotopic (exact) mass is 344 g/mol. The topological polar surface area (TPSA) is 49.4 Å². The number of likely N-dealkylation sites (N-methyl/N-ethyl adjacent to an activating group) is 1. The molecule has 2 aromatic rings. The maximum Gasteiger partial charge on any atom is 0.215 e. The van der Waals surface area contributed by atoms with Crippen LogP contribution in [0.25, 0.3) is 12.2 Å². The highest BCUT2D eigenvalue weighted by Gasteiger charge is 2.10. The molecule has 1 N–H and O–H groups in total. The van der Waals surface area contributed by atoms with Gasteiger partial charge in [-0.25, -0.2) is 13.1 Å². The van der Waals surface area contributed by atoms with Crippen LogP contribution in [0.1, 0.15) is 16.7 Å². The highest BCUT2D eigenvalue weighted by atomic mass is 32.2. The molecule has 0 atom stereocenters. The lowest BCUT2D eigenvalue weighted by Gasteiger charge is -2.11. The first-order valence-electron chi connectivity index (χ1n) is 7.89. The van der Waals surface area contributed by atoms with Crippen molar-refractivity contribution in [3.8, 4) is 0 Å². The van der Waals surface area contributed by atoms with Crippen LogP contribution in [0.2, 0.25) is 0 Å². The molecule has 2 rings (SSSR count). The van der Waals surface area contributed by atoms with E-state index in [2.05, 4.69) is 4.72 Å². The molecule has 0 aliphatic heterocycles. The second-order valence-electron chi connectivity index (χ2n) is 5.94. The molecule has 0 saturated heterocycles. The molecule has 0 aliphatic carbocycles. The van der Waals surface area contributed by atoms with E-state index in [1.54, 1.807) is 0 Å². The average molecular weight is 344 g/mol. The fourth-order valence-corrected chi connectivity index (χ4v) is 3.31. The Morgan fingerprint density at radius 2 is 1.50 bits per heavy atom. The van der Waals surface area contributed by atoms with Crippen LogP contribution in [-0.4, -0.2) is 40.5 Å². The van der Waals surface area contributed by atoms with Crippen LogP contribution in [-0.2, 0) is 15.8 Å². The Labute approximate surface area is 144 Å². The third kappa shape index (κ3) is 6.66. The number of benzene rings is 2. The number of nitrogens with zero attached hydrogens (tertiary/aromatic N) is 1. The van der Waals surface area contributed by atoms with Gasteiger partial charge >= 0.3 is 0 Å². The molecule has 0 aromatic heterocycles. The van der Waals surface area contributed by atoms with E-state index in [0.29, 0.717) is 13.1 Å². The van der Waals surface area contributed by atoms with Crippen LogP contribution < -0.4 is 4.72 Å². The van der Waals surface area contributed by atoms with Crippen LogP contribution in [0.3, 0.4) is 0 Å². The van der Waals surface area contributed by atoms with E-state index in [1.807, 2.05) is 85.7 Å². The number of sulfonamides is 1. The van der Waals surface area contributed by atoms with Gasteiger partial charge in [0.25, 0.3) is 0 Å². The van der Waals surface area contributed by atoms with Crippen molar-refractivity contribution in [2.75, 3.05) is 27.2 Å². The molecule has 0 amide bonds.